The van der Waals surface area contributed by atoms with Gasteiger partial charge in [0.1, 0.15) is 11.1 Å². The number of rotatable bonds is 9. The fourth-order valence-electron chi connectivity index (χ4n) is 5.06. The third-order valence-electron chi connectivity index (χ3n) is 7.46. The Morgan fingerprint density at radius 3 is 2.62 bits per heavy atom. The molecule has 0 spiro atoms. The van der Waals surface area contributed by atoms with E-state index in [9.17, 15) is 14.7 Å². The number of aliphatic hydroxyl groups is 1. The molecule has 3 atom stereocenters. The highest BCUT2D eigenvalue weighted by molar-refractivity contribution is 7.13. The van der Waals surface area contributed by atoms with Crippen LogP contribution < -0.4 is 10.1 Å². The number of likely N-dealkylation sites (N-methyl/N-ethyl adjacent to an activating group) is 1. The van der Waals surface area contributed by atoms with Gasteiger partial charge in [0.25, 0.3) is 11.8 Å². The van der Waals surface area contributed by atoms with E-state index >= 15 is 0 Å². The number of carbonyl (C=O) groups is 2. The van der Waals surface area contributed by atoms with E-state index in [-0.39, 0.29) is 36.5 Å². The van der Waals surface area contributed by atoms with Crippen molar-refractivity contribution in [3.8, 4) is 16.3 Å². The summed E-state index contributed by atoms with van der Waals surface area (Å²) in [5.74, 6) is -0.282. The summed E-state index contributed by atoms with van der Waals surface area (Å²) in [6.07, 6.45) is 5.00. The van der Waals surface area contributed by atoms with Crippen LogP contribution in [0.3, 0.4) is 0 Å². The molecule has 1 aliphatic heterocycles. The summed E-state index contributed by atoms with van der Waals surface area (Å²) >= 11 is 1.53. The summed E-state index contributed by atoms with van der Waals surface area (Å²) in [5.41, 5.74) is 3.31. The first-order valence-corrected chi connectivity index (χ1v) is 14.8. The van der Waals surface area contributed by atoms with Crippen LogP contribution in [0, 0.1) is 5.92 Å². The van der Waals surface area contributed by atoms with Crippen molar-refractivity contribution in [2.75, 3.05) is 32.1 Å². The normalized spacial score (nSPS) is 17.6. The number of carbonyl (C=O) groups excluding carboxylic acids is 2. The van der Waals surface area contributed by atoms with Gasteiger partial charge in [-0.05, 0) is 55.9 Å². The lowest BCUT2D eigenvalue weighted by Gasteiger charge is -2.38. The molecule has 42 heavy (non-hydrogen) atoms. The number of aromatic nitrogens is 2. The highest BCUT2D eigenvalue weighted by Gasteiger charge is 2.34. The predicted molar refractivity (Wildman–Crippen MR) is 164 cm³/mol. The van der Waals surface area contributed by atoms with Crippen LogP contribution in [0.25, 0.3) is 10.6 Å². The minimum absolute atomic E-state index is 0.0573. The van der Waals surface area contributed by atoms with Gasteiger partial charge in [0, 0.05) is 60.6 Å². The maximum absolute atomic E-state index is 13.8. The van der Waals surface area contributed by atoms with Gasteiger partial charge in [0.15, 0.2) is 5.75 Å². The number of benzene rings is 2. The Morgan fingerprint density at radius 2 is 1.93 bits per heavy atom. The van der Waals surface area contributed by atoms with Crippen molar-refractivity contribution in [3.63, 3.8) is 0 Å². The van der Waals surface area contributed by atoms with Crippen molar-refractivity contribution < 1.29 is 19.4 Å². The Bertz CT molecular complexity index is 1500. The molecular weight excluding hydrogens is 550 g/mol. The molecule has 0 saturated heterocycles. The Morgan fingerprint density at radius 1 is 1.17 bits per heavy atom. The molecule has 0 saturated carbocycles. The van der Waals surface area contributed by atoms with E-state index in [0.717, 1.165) is 16.1 Å². The molecule has 5 rings (SSSR count). The van der Waals surface area contributed by atoms with Crippen LogP contribution in [0.15, 0.2) is 78.6 Å². The Labute approximate surface area is 249 Å². The van der Waals surface area contributed by atoms with E-state index in [0.29, 0.717) is 42.2 Å². The predicted octanol–water partition coefficient (Wildman–Crippen LogP) is 4.81. The van der Waals surface area contributed by atoms with E-state index in [1.807, 2.05) is 50.5 Å². The van der Waals surface area contributed by atoms with E-state index in [1.165, 1.54) is 11.3 Å². The average molecular weight is 586 g/mol. The van der Waals surface area contributed by atoms with Crippen LogP contribution in [-0.2, 0) is 6.54 Å². The number of ether oxygens (including phenoxy) is 1. The van der Waals surface area contributed by atoms with Gasteiger partial charge in [-0.15, -0.1) is 11.3 Å². The molecule has 2 aromatic carbocycles. The number of nitrogens with zero attached hydrogens (tertiary/aromatic N) is 4. The van der Waals surface area contributed by atoms with E-state index in [2.05, 4.69) is 20.2 Å². The standard InChI is InChI=1S/C32H35N5O4S/c1-21-17-37(22(2)20-38)32(40)26-5-4-6-27(29(26)41-28(21)19-36(3)18-23-11-13-33-14-12-23)35-30(39)24-7-9-25(10-8-24)31-34-15-16-42-31/h4-16,21-22,28,38H,17-20H2,1-3H3,(H,35,39)/t21-,22-,28-/m1/s1. The molecule has 2 N–H and O–H groups in total. The van der Waals surface area contributed by atoms with Gasteiger partial charge in [0.2, 0.25) is 0 Å². The highest BCUT2D eigenvalue weighted by atomic mass is 32.1. The van der Waals surface area contributed by atoms with E-state index in [4.69, 9.17) is 4.74 Å². The monoisotopic (exact) mass is 585 g/mol. The zero-order valence-electron chi connectivity index (χ0n) is 23.9. The van der Waals surface area contributed by atoms with Gasteiger partial charge in [-0.1, -0.05) is 25.1 Å². The van der Waals surface area contributed by atoms with Crippen LogP contribution >= 0.6 is 11.3 Å². The first-order chi connectivity index (χ1) is 20.3. The maximum Gasteiger partial charge on any atom is 0.258 e. The number of hydrogen-bond donors (Lipinski definition) is 2. The van der Waals surface area contributed by atoms with E-state index < -0.39 is 0 Å². The first-order valence-electron chi connectivity index (χ1n) is 13.9. The second-order valence-electron chi connectivity index (χ2n) is 10.7. The molecule has 0 bridgehead atoms. The van der Waals surface area contributed by atoms with Crippen molar-refractivity contribution >= 4 is 28.8 Å². The van der Waals surface area contributed by atoms with Gasteiger partial charge in [-0.3, -0.25) is 19.5 Å². The zero-order valence-corrected chi connectivity index (χ0v) is 24.8. The topological polar surface area (TPSA) is 108 Å². The number of para-hydroxylation sites is 1. The summed E-state index contributed by atoms with van der Waals surface area (Å²) < 4.78 is 6.64. The number of nitrogens with one attached hydrogen (secondary N) is 1. The van der Waals surface area contributed by atoms with Gasteiger partial charge in [-0.2, -0.15) is 0 Å². The fraction of sp³-hybridized carbons (Fsp3) is 0.312. The maximum atomic E-state index is 13.8. The van der Waals surface area contributed by atoms with Crippen molar-refractivity contribution in [1.29, 1.82) is 0 Å². The van der Waals surface area contributed by atoms with Crippen LogP contribution in [0.2, 0.25) is 0 Å². The highest BCUT2D eigenvalue weighted by Crippen LogP contribution is 2.35. The Kier molecular flexibility index (Phi) is 9.26. The summed E-state index contributed by atoms with van der Waals surface area (Å²) in [6.45, 7) is 5.43. The molecule has 4 aromatic rings. The number of hydrogen-bond acceptors (Lipinski definition) is 8. The second-order valence-corrected chi connectivity index (χ2v) is 11.6. The van der Waals surface area contributed by atoms with Gasteiger partial charge in [0.05, 0.1) is 23.9 Å². The number of thiazole rings is 1. The molecule has 218 valence electrons. The first kappa shape index (κ1) is 29.4. The lowest BCUT2D eigenvalue weighted by Crippen LogP contribution is -2.49. The van der Waals surface area contributed by atoms with Crippen LogP contribution in [0.4, 0.5) is 5.69 Å². The number of anilines is 1. The summed E-state index contributed by atoms with van der Waals surface area (Å²) in [5, 5.41) is 15.7. The van der Waals surface area contributed by atoms with Crippen molar-refractivity contribution in [2.24, 2.45) is 5.92 Å². The average Bonchev–Trinajstić information content (AvgIpc) is 3.55. The van der Waals surface area contributed by atoms with Crippen LogP contribution in [0.5, 0.6) is 5.75 Å². The molecular formula is C32H35N5O4S. The lowest BCUT2D eigenvalue weighted by molar-refractivity contribution is 0.0343. The SMILES string of the molecule is C[C@@H]1CN([C@H](C)CO)C(=O)c2cccc(NC(=O)c3ccc(-c4nccs4)cc3)c2O[C@@H]1CN(C)Cc1ccncc1. The summed E-state index contributed by atoms with van der Waals surface area (Å²) in [6, 6.07) is 16.0. The largest absolute Gasteiger partial charge is 0.486 e. The van der Waals surface area contributed by atoms with Crippen molar-refractivity contribution in [1.82, 2.24) is 19.8 Å². The smallest absolute Gasteiger partial charge is 0.258 e. The molecule has 1 aliphatic rings. The molecule has 9 nitrogen and oxygen atoms in total. The molecule has 0 fully saturated rings. The fourth-order valence-corrected chi connectivity index (χ4v) is 5.70. The third kappa shape index (κ3) is 6.67. The zero-order chi connectivity index (χ0) is 29.6. The minimum atomic E-state index is -0.379. The van der Waals surface area contributed by atoms with Crippen molar-refractivity contribution in [2.45, 2.75) is 32.5 Å². The third-order valence-corrected chi connectivity index (χ3v) is 8.28. The second kappa shape index (κ2) is 13.2. The number of aliphatic hydroxyl groups excluding tert-OH is 1. The number of fused-ring (bicyclic) bond motifs is 1. The molecule has 10 heteroatoms. The minimum Gasteiger partial charge on any atom is -0.486 e. The van der Waals surface area contributed by atoms with Crippen LogP contribution in [-0.4, -0.2) is 75.6 Å². The lowest BCUT2D eigenvalue weighted by atomic mass is 9.98. The van der Waals surface area contributed by atoms with Crippen LogP contribution in [0.1, 0.15) is 40.1 Å². The Hall–Kier alpha value is -4.12. The van der Waals surface area contributed by atoms with Gasteiger partial charge in [-0.25, -0.2) is 4.98 Å². The van der Waals surface area contributed by atoms with Gasteiger partial charge < -0.3 is 20.1 Å². The molecule has 3 heterocycles. The number of amides is 2. The molecule has 2 amide bonds. The van der Waals surface area contributed by atoms with Gasteiger partial charge >= 0.3 is 0 Å². The Balaban J connectivity index is 1.43. The van der Waals surface area contributed by atoms with E-state index in [1.54, 1.807) is 53.8 Å². The van der Waals surface area contributed by atoms with Crippen molar-refractivity contribution in [3.05, 3.63) is 95.3 Å². The molecule has 0 aliphatic carbocycles. The molecule has 0 radical (unpaired) electrons. The molecule has 0 unspecified atom stereocenters. The number of pyridine rings is 1. The summed E-state index contributed by atoms with van der Waals surface area (Å²) in [7, 11) is 2.03. The quantitative estimate of drug-likeness (QED) is 0.290. The molecule has 2 aromatic heterocycles. The summed E-state index contributed by atoms with van der Waals surface area (Å²) in [4.78, 5) is 39.4.